The van der Waals surface area contributed by atoms with Gasteiger partial charge in [0.1, 0.15) is 12.2 Å². The van der Waals surface area contributed by atoms with E-state index in [2.05, 4.69) is 20.3 Å². The predicted octanol–water partition coefficient (Wildman–Crippen LogP) is 4.95. The van der Waals surface area contributed by atoms with E-state index >= 15 is 0 Å². The first-order valence-electron chi connectivity index (χ1n) is 11.1. The van der Waals surface area contributed by atoms with Crippen LogP contribution in [0.4, 0.5) is 19.1 Å². The standard InChI is InChI=1S/C25H19F3N6O/c26-25(27,28)14-31-24-30-12-18-11-20(17-5-8-21-29-9-10-33(21)13-17)23(35)34(22(18)32-24)19-6-3-16(4-7-19)15-1-2-15/h3-13,15H,1-2,14H2,(H,30,31,32). The molecule has 1 saturated carbocycles. The van der Waals surface area contributed by atoms with E-state index in [4.69, 9.17) is 0 Å². The number of aromatic nitrogens is 5. The predicted molar refractivity (Wildman–Crippen MR) is 126 cm³/mol. The van der Waals surface area contributed by atoms with Crippen molar-refractivity contribution in [3.05, 3.63) is 83.2 Å². The third kappa shape index (κ3) is 4.11. The van der Waals surface area contributed by atoms with Crippen molar-refractivity contribution in [1.29, 1.82) is 0 Å². The molecule has 176 valence electrons. The summed E-state index contributed by atoms with van der Waals surface area (Å²) in [5, 5.41) is 2.72. The fraction of sp³-hybridized carbons (Fsp3) is 0.200. The minimum Gasteiger partial charge on any atom is -0.345 e. The van der Waals surface area contributed by atoms with E-state index in [1.54, 1.807) is 18.5 Å². The fourth-order valence-corrected chi connectivity index (χ4v) is 4.20. The number of nitrogens with one attached hydrogen (secondary N) is 1. The van der Waals surface area contributed by atoms with Crippen LogP contribution in [0.1, 0.15) is 24.3 Å². The maximum Gasteiger partial charge on any atom is 0.405 e. The Labute approximate surface area is 196 Å². The topological polar surface area (TPSA) is 77.1 Å². The van der Waals surface area contributed by atoms with Crippen LogP contribution in [0, 0.1) is 0 Å². The molecule has 1 aliphatic carbocycles. The summed E-state index contributed by atoms with van der Waals surface area (Å²) in [4.78, 5) is 26.4. The van der Waals surface area contributed by atoms with Crippen molar-refractivity contribution >= 4 is 22.6 Å². The molecule has 0 unspecified atom stereocenters. The van der Waals surface area contributed by atoms with E-state index in [-0.39, 0.29) is 17.2 Å². The van der Waals surface area contributed by atoms with Crippen LogP contribution in [0.5, 0.6) is 0 Å². The maximum atomic E-state index is 13.8. The maximum absolute atomic E-state index is 13.8. The van der Waals surface area contributed by atoms with Gasteiger partial charge in [-0.25, -0.2) is 9.97 Å². The molecular formula is C25H19F3N6O. The van der Waals surface area contributed by atoms with Crippen LogP contribution < -0.4 is 10.9 Å². The van der Waals surface area contributed by atoms with E-state index in [0.717, 1.165) is 18.5 Å². The molecular weight excluding hydrogens is 457 g/mol. The number of nitrogens with zero attached hydrogens (tertiary/aromatic N) is 5. The van der Waals surface area contributed by atoms with Crippen molar-refractivity contribution in [3.63, 3.8) is 0 Å². The van der Waals surface area contributed by atoms with E-state index in [9.17, 15) is 18.0 Å². The molecule has 6 rings (SSSR count). The number of pyridine rings is 2. The first-order valence-corrected chi connectivity index (χ1v) is 11.1. The lowest BCUT2D eigenvalue weighted by Crippen LogP contribution is -2.24. The van der Waals surface area contributed by atoms with Gasteiger partial charge < -0.3 is 9.72 Å². The second-order valence-electron chi connectivity index (χ2n) is 8.62. The zero-order valence-corrected chi connectivity index (χ0v) is 18.3. The van der Waals surface area contributed by atoms with Crippen LogP contribution in [0.15, 0.2) is 72.0 Å². The van der Waals surface area contributed by atoms with Crippen molar-refractivity contribution < 1.29 is 13.2 Å². The van der Waals surface area contributed by atoms with Crippen LogP contribution in [0.3, 0.4) is 0 Å². The number of imidazole rings is 1. The van der Waals surface area contributed by atoms with Crippen molar-refractivity contribution in [2.24, 2.45) is 0 Å². The highest BCUT2D eigenvalue weighted by Gasteiger charge is 2.27. The molecule has 5 aromatic rings. The Morgan fingerprint density at radius 1 is 1.06 bits per heavy atom. The molecule has 0 spiro atoms. The average Bonchev–Trinajstić information content (AvgIpc) is 3.59. The summed E-state index contributed by atoms with van der Waals surface area (Å²) in [6.45, 7) is -1.28. The van der Waals surface area contributed by atoms with Crippen molar-refractivity contribution in [2.75, 3.05) is 11.9 Å². The minimum atomic E-state index is -4.42. The number of halogens is 3. The Morgan fingerprint density at radius 2 is 1.86 bits per heavy atom. The van der Waals surface area contributed by atoms with Crippen molar-refractivity contribution in [1.82, 2.24) is 23.9 Å². The molecule has 1 aromatic carbocycles. The van der Waals surface area contributed by atoms with Gasteiger partial charge in [-0.1, -0.05) is 12.1 Å². The monoisotopic (exact) mass is 476 g/mol. The van der Waals surface area contributed by atoms with E-state index < -0.39 is 12.7 Å². The molecule has 1 fully saturated rings. The highest BCUT2D eigenvalue weighted by atomic mass is 19.4. The molecule has 0 aliphatic heterocycles. The van der Waals surface area contributed by atoms with Crippen LogP contribution in [-0.4, -0.2) is 36.6 Å². The fourth-order valence-electron chi connectivity index (χ4n) is 4.20. The molecule has 4 heterocycles. The summed E-state index contributed by atoms with van der Waals surface area (Å²) in [6, 6.07) is 13.0. The summed E-state index contributed by atoms with van der Waals surface area (Å²) in [5.41, 5.74) is 3.50. The highest BCUT2D eigenvalue weighted by Crippen LogP contribution is 2.40. The molecule has 4 aromatic heterocycles. The summed E-state index contributed by atoms with van der Waals surface area (Å²) < 4.78 is 41.4. The van der Waals surface area contributed by atoms with Crippen molar-refractivity contribution in [2.45, 2.75) is 24.9 Å². The zero-order valence-electron chi connectivity index (χ0n) is 18.3. The van der Waals surface area contributed by atoms with Gasteiger partial charge in [0.05, 0.1) is 5.69 Å². The first-order chi connectivity index (χ1) is 16.9. The van der Waals surface area contributed by atoms with Crippen LogP contribution >= 0.6 is 0 Å². The number of fused-ring (bicyclic) bond motifs is 2. The third-order valence-corrected chi connectivity index (χ3v) is 6.09. The minimum absolute atomic E-state index is 0.204. The number of alkyl halides is 3. The number of anilines is 1. The average molecular weight is 476 g/mol. The van der Waals surface area contributed by atoms with Gasteiger partial charge in [-0.2, -0.15) is 18.2 Å². The van der Waals surface area contributed by atoms with Gasteiger partial charge in [-0.3, -0.25) is 9.36 Å². The summed E-state index contributed by atoms with van der Waals surface area (Å²) >= 11 is 0. The molecule has 0 amide bonds. The molecule has 10 heteroatoms. The van der Waals surface area contributed by atoms with Crippen molar-refractivity contribution in [3.8, 4) is 16.8 Å². The number of hydrogen-bond donors (Lipinski definition) is 1. The SMILES string of the molecule is O=c1c(-c2ccc3nccn3c2)cc2cnc(NCC(F)(F)F)nc2n1-c1ccc(C2CC2)cc1. The second-order valence-corrected chi connectivity index (χ2v) is 8.62. The quantitative estimate of drug-likeness (QED) is 0.389. The molecule has 35 heavy (non-hydrogen) atoms. The highest BCUT2D eigenvalue weighted by molar-refractivity contribution is 5.83. The van der Waals surface area contributed by atoms with Gasteiger partial charge in [-0.05, 0) is 54.7 Å². The van der Waals surface area contributed by atoms with Gasteiger partial charge in [0.25, 0.3) is 5.56 Å². The van der Waals surface area contributed by atoms with Gasteiger partial charge in [0.15, 0.2) is 5.65 Å². The summed E-state index contributed by atoms with van der Waals surface area (Å²) in [6.07, 6.45) is 4.57. The Balaban J connectivity index is 1.54. The molecule has 1 N–H and O–H groups in total. The van der Waals surface area contributed by atoms with E-state index in [0.29, 0.717) is 28.1 Å². The summed E-state index contributed by atoms with van der Waals surface area (Å²) in [7, 11) is 0. The Morgan fingerprint density at radius 3 is 2.60 bits per heavy atom. The summed E-state index contributed by atoms with van der Waals surface area (Å²) in [5.74, 6) is 0.344. The lowest BCUT2D eigenvalue weighted by Gasteiger charge is -2.15. The van der Waals surface area contributed by atoms with Gasteiger partial charge in [0.2, 0.25) is 5.95 Å². The number of rotatable bonds is 5. The number of hydrogen-bond acceptors (Lipinski definition) is 5. The van der Waals surface area contributed by atoms with Crippen LogP contribution in [-0.2, 0) is 0 Å². The van der Waals surface area contributed by atoms with Gasteiger partial charge >= 0.3 is 6.18 Å². The molecule has 0 atom stereocenters. The van der Waals surface area contributed by atoms with Crippen LogP contribution in [0.25, 0.3) is 33.5 Å². The number of benzene rings is 1. The Hall–Kier alpha value is -4.21. The van der Waals surface area contributed by atoms with Gasteiger partial charge in [0, 0.05) is 41.3 Å². The van der Waals surface area contributed by atoms with Gasteiger partial charge in [-0.15, -0.1) is 0 Å². The molecule has 1 aliphatic rings. The molecule has 0 bridgehead atoms. The largest absolute Gasteiger partial charge is 0.405 e. The van der Waals surface area contributed by atoms with E-state index in [1.807, 2.05) is 47.0 Å². The molecule has 7 nitrogen and oxygen atoms in total. The zero-order chi connectivity index (χ0) is 24.2. The Kier molecular flexibility index (Phi) is 4.84. The second kappa shape index (κ2) is 7.93. The Bertz CT molecular complexity index is 1620. The lowest BCUT2D eigenvalue weighted by molar-refractivity contribution is -0.115. The molecule has 0 saturated heterocycles. The van der Waals surface area contributed by atoms with Crippen LogP contribution in [0.2, 0.25) is 0 Å². The van der Waals surface area contributed by atoms with E-state index in [1.165, 1.54) is 16.3 Å². The first kappa shape index (κ1) is 21.3. The third-order valence-electron chi connectivity index (χ3n) is 6.09. The smallest absolute Gasteiger partial charge is 0.345 e. The normalized spacial score (nSPS) is 14.0. The lowest BCUT2D eigenvalue weighted by atomic mass is 10.1. The molecule has 0 radical (unpaired) electrons.